The molecule has 2 aliphatic rings. The number of fused-ring (bicyclic) bond motifs is 1. The maximum absolute atomic E-state index is 13.8. The number of hydrogen-bond acceptors (Lipinski definition) is 6. The molecule has 0 aromatic heterocycles. The Morgan fingerprint density at radius 1 is 0.922 bits per heavy atom. The van der Waals surface area contributed by atoms with Gasteiger partial charge in [-0.3, -0.25) is 24.0 Å². The lowest BCUT2D eigenvalue weighted by Crippen LogP contribution is -2.62. The van der Waals surface area contributed by atoms with Crippen molar-refractivity contribution < 1.29 is 46.3 Å². The van der Waals surface area contributed by atoms with E-state index in [2.05, 4.69) is 21.3 Å². The van der Waals surface area contributed by atoms with Crippen molar-refractivity contribution in [1.29, 1.82) is 0 Å². The van der Waals surface area contributed by atoms with Crippen LogP contribution < -0.4 is 21.3 Å². The zero-order chi connectivity index (χ0) is 37.1. The topological polar surface area (TPSA) is 146 Å². The van der Waals surface area contributed by atoms with Gasteiger partial charge >= 0.3 is 6.18 Å². The number of benzene rings is 2. The highest BCUT2D eigenvalue weighted by atomic mass is 19.4. The molecule has 2 saturated heterocycles. The van der Waals surface area contributed by atoms with Crippen molar-refractivity contribution in [2.75, 3.05) is 19.7 Å². The van der Waals surface area contributed by atoms with Crippen LogP contribution in [0.3, 0.4) is 0 Å². The molecule has 0 bridgehead atoms. The van der Waals surface area contributed by atoms with E-state index in [1.807, 2.05) is 6.92 Å². The first kappa shape index (κ1) is 39.3. The Morgan fingerprint density at radius 2 is 1.57 bits per heavy atom. The van der Waals surface area contributed by atoms with Crippen LogP contribution in [-0.2, 0) is 47.9 Å². The average Bonchev–Trinajstić information content (AvgIpc) is 3.59. The molecule has 15 heteroatoms. The van der Waals surface area contributed by atoms with Crippen LogP contribution in [0.2, 0.25) is 0 Å². The molecule has 2 aromatic carbocycles. The van der Waals surface area contributed by atoms with Crippen LogP contribution in [0.25, 0.3) is 0 Å². The van der Waals surface area contributed by atoms with Crippen LogP contribution >= 0.6 is 0 Å². The lowest BCUT2D eigenvalue weighted by atomic mass is 9.95. The number of rotatable bonds is 13. The number of hydrogen-bond donors (Lipinski definition) is 4. The molecule has 0 spiro atoms. The third-order valence-electron chi connectivity index (χ3n) is 9.26. The van der Waals surface area contributed by atoms with E-state index < -0.39 is 59.5 Å². The first-order valence-electron chi connectivity index (χ1n) is 17.2. The molecule has 11 nitrogen and oxygen atoms in total. The minimum absolute atomic E-state index is 0.129. The summed E-state index contributed by atoms with van der Waals surface area (Å²) in [5, 5.41) is 10.9. The van der Waals surface area contributed by atoms with E-state index in [0.717, 1.165) is 12.1 Å². The van der Waals surface area contributed by atoms with Gasteiger partial charge in [-0.1, -0.05) is 44.5 Å². The van der Waals surface area contributed by atoms with Gasteiger partial charge in [-0.2, -0.15) is 13.2 Å². The molecule has 278 valence electrons. The number of unbranched alkanes of at least 4 members (excludes halogenated alkanes) is 1. The summed E-state index contributed by atoms with van der Waals surface area (Å²) >= 11 is 0. The lowest BCUT2D eigenvalue weighted by molar-refractivity contribution is -0.144. The summed E-state index contributed by atoms with van der Waals surface area (Å²) in [6, 6.07) is 5.76. The monoisotopic (exact) mass is 719 g/mol. The lowest BCUT2D eigenvalue weighted by Gasteiger charge is -2.34. The maximum atomic E-state index is 13.8. The molecule has 2 fully saturated rings. The molecule has 51 heavy (non-hydrogen) atoms. The summed E-state index contributed by atoms with van der Waals surface area (Å²) in [5.41, 5.74) is 0.193. The molecule has 4 N–H and O–H groups in total. The van der Waals surface area contributed by atoms with Crippen molar-refractivity contribution in [1.82, 2.24) is 26.2 Å². The second-order valence-corrected chi connectivity index (χ2v) is 13.0. The Kier molecular flexibility index (Phi) is 13.9. The van der Waals surface area contributed by atoms with Crippen molar-refractivity contribution >= 4 is 29.5 Å². The number of carbonyl (C=O) groups excluding carboxylic acids is 5. The maximum Gasteiger partial charge on any atom is 0.416 e. The van der Waals surface area contributed by atoms with E-state index in [-0.39, 0.29) is 50.2 Å². The third-order valence-corrected chi connectivity index (χ3v) is 9.26. The Morgan fingerprint density at radius 3 is 2.24 bits per heavy atom. The largest absolute Gasteiger partial charge is 0.416 e. The highest BCUT2D eigenvalue weighted by Crippen LogP contribution is 2.29. The van der Waals surface area contributed by atoms with Gasteiger partial charge in [0, 0.05) is 19.5 Å². The van der Waals surface area contributed by atoms with Crippen LogP contribution in [-0.4, -0.2) is 78.3 Å². The Hall–Kier alpha value is -4.53. The minimum atomic E-state index is -4.55. The molecule has 0 aliphatic carbocycles. The van der Waals surface area contributed by atoms with E-state index in [4.69, 9.17) is 4.74 Å². The van der Waals surface area contributed by atoms with E-state index in [9.17, 15) is 41.5 Å². The summed E-state index contributed by atoms with van der Waals surface area (Å²) in [6.45, 7) is 4.12. The van der Waals surface area contributed by atoms with E-state index in [1.165, 1.54) is 29.2 Å². The molecule has 2 heterocycles. The van der Waals surface area contributed by atoms with Gasteiger partial charge in [0.1, 0.15) is 36.6 Å². The molecule has 1 unspecified atom stereocenters. The molecule has 4 rings (SSSR count). The standard InChI is InChI=1S/C36H45F4N5O6/c1-3-22(2)31-35(50)45-18-6-8-29(45)34(49)42-27(7-4-5-17-41-30(46)21-51-20-24-11-15-26(37)16-12-24)32(47)43-28(33(48)44-31)19-23-9-13-25(14-10-23)36(38,39)40/h9-16,22,27-29,31H,3-8,17-21H2,1-2H3,(H,41,46)(H,42,49)(H,43,47)(H,44,48)/t22?,27-,28+,29+,31-/m0/s1. The molecule has 0 radical (unpaired) electrons. The third kappa shape index (κ3) is 11.2. The van der Waals surface area contributed by atoms with Crippen molar-refractivity contribution in [2.24, 2.45) is 5.92 Å². The number of alkyl halides is 3. The number of carbonyl (C=O) groups is 5. The van der Waals surface area contributed by atoms with E-state index in [0.29, 0.717) is 49.8 Å². The minimum Gasteiger partial charge on any atom is -0.367 e. The van der Waals surface area contributed by atoms with Crippen molar-refractivity contribution in [2.45, 2.75) is 95.7 Å². The normalized spacial score (nSPS) is 22.2. The fraction of sp³-hybridized carbons (Fsp3) is 0.528. The highest BCUT2D eigenvalue weighted by Gasteiger charge is 2.42. The number of nitrogens with zero attached hydrogens (tertiary/aromatic N) is 1. The van der Waals surface area contributed by atoms with Crippen LogP contribution in [0.1, 0.15) is 69.1 Å². The Labute approximate surface area is 294 Å². The predicted molar refractivity (Wildman–Crippen MR) is 178 cm³/mol. The average molecular weight is 720 g/mol. The smallest absolute Gasteiger partial charge is 0.367 e. The molecule has 5 amide bonds. The van der Waals surface area contributed by atoms with Crippen LogP contribution in [0.5, 0.6) is 0 Å². The zero-order valence-electron chi connectivity index (χ0n) is 28.7. The van der Waals surface area contributed by atoms with Crippen molar-refractivity contribution in [3.05, 3.63) is 71.0 Å². The summed E-state index contributed by atoms with van der Waals surface area (Å²) in [7, 11) is 0. The zero-order valence-corrected chi connectivity index (χ0v) is 28.7. The van der Waals surface area contributed by atoms with Crippen LogP contribution in [0.4, 0.5) is 17.6 Å². The summed E-state index contributed by atoms with van der Waals surface area (Å²) < 4.78 is 58.0. The SMILES string of the molecule is CCC(C)[C@@H]1NC(=O)[C@@H](Cc2ccc(C(F)(F)F)cc2)NC(=O)[C@H](CCCCNC(=O)COCc2ccc(F)cc2)NC(=O)[C@H]2CCCN2C1=O. The van der Waals surface area contributed by atoms with Gasteiger partial charge in [0.15, 0.2) is 0 Å². The number of amides is 5. The molecule has 0 saturated carbocycles. The van der Waals surface area contributed by atoms with Gasteiger partial charge in [-0.05, 0) is 73.4 Å². The molecule has 2 aromatic rings. The fourth-order valence-electron chi connectivity index (χ4n) is 6.10. The Balaban J connectivity index is 1.43. The number of halogens is 4. The predicted octanol–water partition coefficient (Wildman–Crippen LogP) is 3.40. The molecular formula is C36H45F4N5O6. The van der Waals surface area contributed by atoms with Crippen molar-refractivity contribution in [3.63, 3.8) is 0 Å². The molecule has 5 atom stereocenters. The highest BCUT2D eigenvalue weighted by molar-refractivity contribution is 5.98. The van der Waals surface area contributed by atoms with Gasteiger partial charge in [0.2, 0.25) is 29.5 Å². The Bertz CT molecular complexity index is 1520. The van der Waals surface area contributed by atoms with Crippen LogP contribution in [0, 0.1) is 11.7 Å². The number of nitrogens with one attached hydrogen (secondary N) is 4. The molecular weight excluding hydrogens is 674 g/mol. The van der Waals surface area contributed by atoms with Crippen molar-refractivity contribution in [3.8, 4) is 0 Å². The summed E-state index contributed by atoms with van der Waals surface area (Å²) in [6.07, 6.45) is -2.29. The van der Waals surface area contributed by atoms with Gasteiger partial charge in [0.25, 0.3) is 0 Å². The van der Waals surface area contributed by atoms with Gasteiger partial charge in [-0.25, -0.2) is 4.39 Å². The first-order valence-corrected chi connectivity index (χ1v) is 17.2. The van der Waals surface area contributed by atoms with Crippen LogP contribution in [0.15, 0.2) is 48.5 Å². The van der Waals surface area contributed by atoms with Gasteiger partial charge in [0.05, 0.1) is 12.2 Å². The number of ether oxygens (including phenoxy) is 1. The first-order chi connectivity index (χ1) is 24.3. The second kappa shape index (κ2) is 18.1. The van der Waals surface area contributed by atoms with E-state index >= 15 is 0 Å². The second-order valence-electron chi connectivity index (χ2n) is 13.0. The van der Waals surface area contributed by atoms with E-state index in [1.54, 1.807) is 19.1 Å². The fourth-order valence-corrected chi connectivity index (χ4v) is 6.10. The molecule has 2 aliphatic heterocycles. The van der Waals surface area contributed by atoms with Gasteiger partial charge in [-0.15, -0.1) is 0 Å². The quantitative estimate of drug-likeness (QED) is 0.185. The summed E-state index contributed by atoms with van der Waals surface area (Å²) in [4.78, 5) is 68.5. The summed E-state index contributed by atoms with van der Waals surface area (Å²) in [5.74, 6) is -3.30. The van der Waals surface area contributed by atoms with Gasteiger partial charge < -0.3 is 30.9 Å².